The van der Waals surface area contributed by atoms with Gasteiger partial charge in [0.25, 0.3) is 10.0 Å². The van der Waals surface area contributed by atoms with Gasteiger partial charge in [0.05, 0.1) is 30.3 Å². The van der Waals surface area contributed by atoms with Crippen LogP contribution in [0.3, 0.4) is 0 Å². The molecule has 0 fully saturated rings. The molecule has 9 heteroatoms. The summed E-state index contributed by atoms with van der Waals surface area (Å²) >= 11 is 0. The van der Waals surface area contributed by atoms with E-state index >= 15 is 0 Å². The number of aliphatic hydroxyl groups is 1. The van der Waals surface area contributed by atoms with E-state index in [4.69, 9.17) is 5.11 Å². The van der Waals surface area contributed by atoms with Crippen molar-refractivity contribution in [3.05, 3.63) is 48.1 Å². The highest BCUT2D eigenvalue weighted by molar-refractivity contribution is 7.92. The van der Waals surface area contributed by atoms with E-state index in [1.54, 1.807) is 0 Å². The van der Waals surface area contributed by atoms with Gasteiger partial charge in [0.1, 0.15) is 17.0 Å². The van der Waals surface area contributed by atoms with Crippen molar-refractivity contribution < 1.29 is 22.3 Å². The summed E-state index contributed by atoms with van der Waals surface area (Å²) in [5.41, 5.74) is -0.682. The number of rotatable bonds is 4. The second-order valence-corrected chi connectivity index (χ2v) is 5.38. The Bertz CT molecular complexity index is 723. The van der Waals surface area contributed by atoms with Crippen LogP contribution >= 0.6 is 0 Å². The van der Waals surface area contributed by atoms with Crippen LogP contribution in [-0.2, 0) is 16.6 Å². The Labute approximate surface area is 113 Å². The van der Waals surface area contributed by atoms with Gasteiger partial charge in [-0.05, 0) is 12.1 Å². The molecule has 0 unspecified atom stereocenters. The van der Waals surface area contributed by atoms with Gasteiger partial charge in [-0.2, -0.15) is 0 Å². The lowest BCUT2D eigenvalue weighted by Gasteiger charge is -2.10. The Kier molecular flexibility index (Phi) is 3.91. The first kappa shape index (κ1) is 14.3. The van der Waals surface area contributed by atoms with Crippen molar-refractivity contribution >= 4 is 15.7 Å². The molecule has 20 heavy (non-hydrogen) atoms. The van der Waals surface area contributed by atoms with Crippen LogP contribution in [0, 0.1) is 11.6 Å². The van der Waals surface area contributed by atoms with Gasteiger partial charge in [-0.3, -0.25) is 4.72 Å². The number of benzene rings is 1. The van der Waals surface area contributed by atoms with E-state index in [1.165, 1.54) is 18.7 Å². The molecule has 1 heterocycles. The Morgan fingerprint density at radius 3 is 2.45 bits per heavy atom. The molecule has 0 saturated carbocycles. The lowest BCUT2D eigenvalue weighted by Crippen LogP contribution is -2.16. The van der Waals surface area contributed by atoms with E-state index in [-0.39, 0.29) is 5.69 Å². The zero-order chi connectivity index (χ0) is 14.8. The van der Waals surface area contributed by atoms with Gasteiger partial charge in [0, 0.05) is 0 Å². The van der Waals surface area contributed by atoms with Gasteiger partial charge in [-0.25, -0.2) is 27.2 Å². The highest BCUT2D eigenvalue weighted by Crippen LogP contribution is 2.22. The summed E-state index contributed by atoms with van der Waals surface area (Å²) in [4.78, 5) is 6.43. The Morgan fingerprint density at radius 1 is 1.20 bits per heavy atom. The number of sulfonamides is 1. The highest BCUT2D eigenvalue weighted by atomic mass is 32.2. The lowest BCUT2D eigenvalue weighted by atomic mass is 10.2. The molecule has 0 aliphatic rings. The van der Waals surface area contributed by atoms with E-state index in [2.05, 4.69) is 9.97 Å². The summed E-state index contributed by atoms with van der Waals surface area (Å²) in [5.74, 6) is -2.36. The minimum absolute atomic E-state index is 0.0294. The maximum absolute atomic E-state index is 13.9. The molecule has 1 aromatic carbocycles. The molecule has 0 atom stereocenters. The fourth-order valence-electron chi connectivity index (χ4n) is 1.49. The fourth-order valence-corrected chi connectivity index (χ4v) is 2.62. The number of hydrogen-bond acceptors (Lipinski definition) is 5. The van der Waals surface area contributed by atoms with E-state index < -0.39 is 38.7 Å². The molecule has 0 amide bonds. The predicted octanol–water partition coefficient (Wildman–Crippen LogP) is 1.05. The summed E-state index contributed by atoms with van der Waals surface area (Å²) in [6.07, 6.45) is 3.55. The number of nitrogens with zero attached hydrogens (tertiary/aromatic N) is 2. The molecule has 1 aromatic heterocycles. The van der Waals surface area contributed by atoms with Crippen molar-refractivity contribution in [1.29, 1.82) is 0 Å². The number of aliphatic hydroxyl groups excluding tert-OH is 1. The second kappa shape index (κ2) is 5.47. The molecule has 0 bridgehead atoms. The van der Waals surface area contributed by atoms with Crippen molar-refractivity contribution in [3.8, 4) is 0 Å². The van der Waals surface area contributed by atoms with Crippen molar-refractivity contribution in [2.75, 3.05) is 4.72 Å². The summed E-state index contributed by atoms with van der Waals surface area (Å²) in [5, 5.41) is 8.86. The monoisotopic (exact) mass is 301 g/mol. The maximum Gasteiger partial charge on any atom is 0.264 e. The summed E-state index contributed by atoms with van der Waals surface area (Å²) in [6.45, 7) is -0.949. The third-order valence-electron chi connectivity index (χ3n) is 2.41. The van der Waals surface area contributed by atoms with Gasteiger partial charge in [0.2, 0.25) is 0 Å². The van der Waals surface area contributed by atoms with Crippen LogP contribution in [0.4, 0.5) is 14.5 Å². The third kappa shape index (κ3) is 2.73. The number of aromatic nitrogens is 2. The zero-order valence-corrected chi connectivity index (χ0v) is 10.7. The molecule has 6 nitrogen and oxygen atoms in total. The first-order valence-electron chi connectivity index (χ1n) is 5.31. The first-order chi connectivity index (χ1) is 9.45. The molecule has 0 spiro atoms. The van der Waals surface area contributed by atoms with E-state index in [0.29, 0.717) is 0 Å². The molecule has 0 saturated heterocycles. The molecule has 2 aromatic rings. The smallest absolute Gasteiger partial charge is 0.264 e. The molecule has 2 rings (SSSR count). The van der Waals surface area contributed by atoms with Gasteiger partial charge in [-0.15, -0.1) is 0 Å². The standard InChI is InChI=1S/C11H9F2N3O3S/c12-9-1-2-10(11(13)8(9)5-17)20(18,19)16-7-3-14-6-15-4-7/h1-4,6,16-17H,5H2. The average molecular weight is 301 g/mol. The van der Waals surface area contributed by atoms with E-state index in [0.717, 1.165) is 12.1 Å². The third-order valence-corrected chi connectivity index (χ3v) is 3.81. The van der Waals surface area contributed by atoms with Crippen molar-refractivity contribution in [2.24, 2.45) is 0 Å². The molecule has 0 aliphatic carbocycles. The number of anilines is 1. The topological polar surface area (TPSA) is 92.2 Å². The van der Waals surface area contributed by atoms with Crippen LogP contribution in [0.2, 0.25) is 0 Å². The SMILES string of the molecule is O=S(=O)(Nc1cncnc1)c1ccc(F)c(CO)c1F. The summed E-state index contributed by atoms with van der Waals surface area (Å²) < 4.78 is 53.1. The van der Waals surface area contributed by atoms with Crippen LogP contribution in [0.1, 0.15) is 5.56 Å². The quantitative estimate of drug-likeness (QED) is 0.880. The van der Waals surface area contributed by atoms with E-state index in [9.17, 15) is 17.2 Å². The number of nitrogens with one attached hydrogen (secondary N) is 1. The molecular weight excluding hydrogens is 292 g/mol. The van der Waals surface area contributed by atoms with Crippen LogP contribution < -0.4 is 4.72 Å². The molecule has 106 valence electrons. The minimum atomic E-state index is -4.28. The van der Waals surface area contributed by atoms with Crippen LogP contribution in [0.5, 0.6) is 0 Å². The first-order valence-corrected chi connectivity index (χ1v) is 6.79. The summed E-state index contributed by atoms with van der Waals surface area (Å²) in [6, 6.07) is 1.54. The number of halogens is 2. The van der Waals surface area contributed by atoms with E-state index in [1.807, 2.05) is 4.72 Å². The zero-order valence-electron chi connectivity index (χ0n) is 9.92. The maximum atomic E-state index is 13.9. The Morgan fingerprint density at radius 2 is 1.85 bits per heavy atom. The average Bonchev–Trinajstić information content (AvgIpc) is 2.39. The van der Waals surface area contributed by atoms with Gasteiger partial charge >= 0.3 is 0 Å². The normalized spacial score (nSPS) is 11.3. The number of hydrogen-bond donors (Lipinski definition) is 2. The molecule has 2 N–H and O–H groups in total. The van der Waals surface area contributed by atoms with Gasteiger partial charge in [-0.1, -0.05) is 0 Å². The largest absolute Gasteiger partial charge is 0.391 e. The molecule has 0 radical (unpaired) electrons. The second-order valence-electron chi connectivity index (χ2n) is 3.73. The van der Waals surface area contributed by atoms with Gasteiger partial charge in [0.15, 0.2) is 5.82 Å². The van der Waals surface area contributed by atoms with Crippen LogP contribution in [0.15, 0.2) is 35.7 Å². The van der Waals surface area contributed by atoms with Crippen molar-refractivity contribution in [2.45, 2.75) is 11.5 Å². The van der Waals surface area contributed by atoms with Crippen molar-refractivity contribution in [3.63, 3.8) is 0 Å². The van der Waals surface area contributed by atoms with Crippen molar-refractivity contribution in [1.82, 2.24) is 9.97 Å². The highest BCUT2D eigenvalue weighted by Gasteiger charge is 2.23. The predicted molar refractivity (Wildman–Crippen MR) is 65.1 cm³/mol. The Balaban J connectivity index is 2.45. The molecular formula is C11H9F2N3O3S. The van der Waals surface area contributed by atoms with Gasteiger partial charge < -0.3 is 5.11 Å². The minimum Gasteiger partial charge on any atom is -0.391 e. The Hall–Kier alpha value is -2.13. The van der Waals surface area contributed by atoms with Crippen LogP contribution in [-0.4, -0.2) is 23.5 Å². The summed E-state index contributed by atoms with van der Waals surface area (Å²) in [7, 11) is -4.28. The lowest BCUT2D eigenvalue weighted by molar-refractivity contribution is 0.267. The van der Waals surface area contributed by atoms with Crippen LogP contribution in [0.25, 0.3) is 0 Å². The fraction of sp³-hybridized carbons (Fsp3) is 0.0909. The molecule has 0 aliphatic heterocycles.